The average molecular weight is 230 g/mol. The van der Waals surface area contributed by atoms with E-state index in [-0.39, 0.29) is 10.8 Å². The van der Waals surface area contributed by atoms with Gasteiger partial charge < -0.3 is 4.40 Å². The second-order valence-corrected chi connectivity index (χ2v) is 6.80. The van der Waals surface area contributed by atoms with Crippen molar-refractivity contribution in [1.82, 2.24) is 9.38 Å². The summed E-state index contributed by atoms with van der Waals surface area (Å²) in [6.07, 6.45) is 6.31. The van der Waals surface area contributed by atoms with Gasteiger partial charge in [-0.25, -0.2) is 4.98 Å². The van der Waals surface area contributed by atoms with E-state index in [9.17, 15) is 0 Å². The average Bonchev–Trinajstić information content (AvgIpc) is 2.57. The van der Waals surface area contributed by atoms with Gasteiger partial charge in [-0.1, -0.05) is 41.5 Å². The van der Waals surface area contributed by atoms with Gasteiger partial charge in [-0.15, -0.1) is 0 Å². The molecule has 2 aromatic heterocycles. The summed E-state index contributed by atoms with van der Waals surface area (Å²) in [4.78, 5) is 4.64. The van der Waals surface area contributed by atoms with Gasteiger partial charge in [0.05, 0.1) is 0 Å². The Hall–Kier alpha value is -1.31. The van der Waals surface area contributed by atoms with Crippen molar-refractivity contribution >= 4 is 5.65 Å². The van der Waals surface area contributed by atoms with Gasteiger partial charge in [0.25, 0.3) is 0 Å². The first-order valence-corrected chi connectivity index (χ1v) is 6.17. The van der Waals surface area contributed by atoms with Gasteiger partial charge in [-0.05, 0) is 22.5 Å². The molecule has 2 nitrogen and oxygen atoms in total. The van der Waals surface area contributed by atoms with Crippen LogP contribution in [0.1, 0.15) is 52.7 Å². The Morgan fingerprint density at radius 1 is 1.00 bits per heavy atom. The van der Waals surface area contributed by atoms with Crippen LogP contribution in [0.4, 0.5) is 0 Å². The summed E-state index contributed by atoms with van der Waals surface area (Å²) >= 11 is 0. The number of aromatic nitrogens is 2. The van der Waals surface area contributed by atoms with E-state index >= 15 is 0 Å². The lowest BCUT2D eigenvalue weighted by Crippen LogP contribution is -2.14. The highest BCUT2D eigenvalue weighted by atomic mass is 15.0. The summed E-state index contributed by atoms with van der Waals surface area (Å²) in [6.45, 7) is 13.3. The van der Waals surface area contributed by atoms with E-state index < -0.39 is 0 Å². The second kappa shape index (κ2) is 3.59. The molecule has 2 heteroatoms. The normalized spacial score (nSPS) is 13.3. The molecule has 0 unspecified atom stereocenters. The molecule has 0 radical (unpaired) electrons. The van der Waals surface area contributed by atoms with Crippen molar-refractivity contribution in [1.29, 1.82) is 0 Å². The Morgan fingerprint density at radius 2 is 1.65 bits per heavy atom. The predicted molar refractivity (Wildman–Crippen MR) is 72.6 cm³/mol. The van der Waals surface area contributed by atoms with Gasteiger partial charge in [0.1, 0.15) is 5.65 Å². The van der Waals surface area contributed by atoms with E-state index in [1.165, 1.54) is 11.1 Å². The quantitative estimate of drug-likeness (QED) is 0.670. The highest BCUT2D eigenvalue weighted by Gasteiger charge is 2.20. The minimum absolute atomic E-state index is 0.144. The van der Waals surface area contributed by atoms with Gasteiger partial charge in [0.15, 0.2) is 0 Å². The highest BCUT2D eigenvalue weighted by Crippen LogP contribution is 2.28. The topological polar surface area (TPSA) is 17.3 Å². The van der Waals surface area contributed by atoms with Crippen LogP contribution < -0.4 is 0 Å². The Kier molecular flexibility index (Phi) is 2.57. The zero-order chi connectivity index (χ0) is 12.8. The van der Waals surface area contributed by atoms with Gasteiger partial charge in [0, 0.05) is 24.2 Å². The minimum Gasteiger partial charge on any atom is -0.308 e. The zero-order valence-electron chi connectivity index (χ0n) is 11.7. The fourth-order valence-corrected chi connectivity index (χ4v) is 1.97. The van der Waals surface area contributed by atoms with Crippen molar-refractivity contribution in [3.05, 3.63) is 35.8 Å². The van der Waals surface area contributed by atoms with Crippen molar-refractivity contribution < 1.29 is 0 Å². The molecule has 0 fully saturated rings. The van der Waals surface area contributed by atoms with Crippen LogP contribution in [0.25, 0.3) is 5.65 Å². The summed E-state index contributed by atoms with van der Waals surface area (Å²) in [6, 6.07) is 2.18. The summed E-state index contributed by atoms with van der Waals surface area (Å²) in [7, 11) is 0. The number of hydrogen-bond donors (Lipinski definition) is 0. The van der Waals surface area contributed by atoms with Crippen molar-refractivity contribution in [2.75, 3.05) is 0 Å². The zero-order valence-corrected chi connectivity index (χ0v) is 11.7. The largest absolute Gasteiger partial charge is 0.308 e. The second-order valence-electron chi connectivity index (χ2n) is 6.80. The van der Waals surface area contributed by atoms with E-state index in [1.807, 2.05) is 6.20 Å². The van der Waals surface area contributed by atoms with Crippen LogP contribution in [0.15, 0.2) is 24.7 Å². The molecule has 0 N–H and O–H groups in total. The van der Waals surface area contributed by atoms with Gasteiger partial charge in [0.2, 0.25) is 0 Å². The third-order valence-electron chi connectivity index (χ3n) is 3.17. The lowest BCUT2D eigenvalue weighted by Gasteiger charge is -2.20. The third kappa shape index (κ3) is 2.21. The van der Waals surface area contributed by atoms with Crippen molar-refractivity contribution in [3.63, 3.8) is 0 Å². The molecule has 0 amide bonds. The first-order valence-electron chi connectivity index (χ1n) is 6.17. The van der Waals surface area contributed by atoms with Crippen LogP contribution in [0.3, 0.4) is 0 Å². The van der Waals surface area contributed by atoms with Gasteiger partial charge in [-0.2, -0.15) is 0 Å². The number of fused-ring (bicyclic) bond motifs is 1. The molecule has 92 valence electrons. The lowest BCUT2D eigenvalue weighted by atomic mass is 9.88. The lowest BCUT2D eigenvalue weighted by molar-refractivity contribution is 0.581. The standard InChI is InChI=1S/C15H22N2/c1-14(2,3)11-9-16-13-12(15(4,5)6)7-8-17(13)10-11/h7-10H,1-6H3. The van der Waals surface area contributed by atoms with E-state index in [0.717, 1.165) is 5.65 Å². The molecule has 0 saturated heterocycles. The van der Waals surface area contributed by atoms with Crippen LogP contribution in [-0.2, 0) is 10.8 Å². The maximum absolute atomic E-state index is 4.64. The highest BCUT2D eigenvalue weighted by molar-refractivity contribution is 5.52. The molecule has 0 atom stereocenters. The van der Waals surface area contributed by atoms with Crippen LogP contribution in [0.5, 0.6) is 0 Å². The molecule has 0 aliphatic carbocycles. The monoisotopic (exact) mass is 230 g/mol. The maximum atomic E-state index is 4.64. The summed E-state index contributed by atoms with van der Waals surface area (Å²) < 4.78 is 2.14. The first kappa shape index (κ1) is 12.2. The molecule has 0 aliphatic heterocycles. The Balaban J connectivity index is 2.61. The van der Waals surface area contributed by atoms with Crippen molar-refractivity contribution in [2.45, 2.75) is 52.4 Å². The smallest absolute Gasteiger partial charge is 0.140 e. The third-order valence-corrected chi connectivity index (χ3v) is 3.17. The molecule has 2 heterocycles. The van der Waals surface area contributed by atoms with E-state index in [0.29, 0.717) is 0 Å². The van der Waals surface area contributed by atoms with Crippen LogP contribution in [0, 0.1) is 0 Å². The van der Waals surface area contributed by atoms with E-state index in [4.69, 9.17) is 0 Å². The summed E-state index contributed by atoms with van der Waals surface area (Å²) in [5.41, 5.74) is 3.93. The molecule has 2 rings (SSSR count). The van der Waals surface area contributed by atoms with Crippen molar-refractivity contribution in [3.8, 4) is 0 Å². The van der Waals surface area contributed by atoms with E-state index in [1.54, 1.807) is 0 Å². The molecular formula is C15H22N2. The van der Waals surface area contributed by atoms with Gasteiger partial charge >= 0.3 is 0 Å². The van der Waals surface area contributed by atoms with Gasteiger partial charge in [-0.3, -0.25) is 0 Å². The van der Waals surface area contributed by atoms with Crippen molar-refractivity contribution in [2.24, 2.45) is 0 Å². The fourth-order valence-electron chi connectivity index (χ4n) is 1.97. The molecular weight excluding hydrogens is 208 g/mol. The summed E-state index contributed by atoms with van der Waals surface area (Å²) in [5.74, 6) is 0. The number of hydrogen-bond acceptors (Lipinski definition) is 1. The molecule has 0 aliphatic rings. The SMILES string of the molecule is CC(C)(C)c1cnc2c(C(C)(C)C)ccn2c1. The maximum Gasteiger partial charge on any atom is 0.140 e. The van der Waals surface area contributed by atoms with Crippen LogP contribution in [0.2, 0.25) is 0 Å². The molecule has 0 saturated carbocycles. The van der Waals surface area contributed by atoms with Crippen LogP contribution >= 0.6 is 0 Å². The first-order chi connectivity index (χ1) is 7.69. The summed E-state index contributed by atoms with van der Waals surface area (Å²) in [5, 5.41) is 0. The predicted octanol–water partition coefficient (Wildman–Crippen LogP) is 3.93. The molecule has 0 bridgehead atoms. The van der Waals surface area contributed by atoms with Crippen LogP contribution in [-0.4, -0.2) is 9.38 Å². The Morgan fingerprint density at radius 3 is 2.18 bits per heavy atom. The number of nitrogens with zero attached hydrogens (tertiary/aromatic N) is 2. The Bertz CT molecular complexity index is 536. The molecule has 17 heavy (non-hydrogen) atoms. The molecule has 0 spiro atoms. The van der Waals surface area contributed by atoms with E-state index in [2.05, 4.69) is 69.4 Å². The Labute approximate surface area is 104 Å². The minimum atomic E-state index is 0.144. The molecule has 0 aromatic carbocycles. The fraction of sp³-hybridized carbons (Fsp3) is 0.533. The molecule has 2 aromatic rings. The number of rotatable bonds is 0.